The first-order chi connectivity index (χ1) is 8.46. The molecule has 1 unspecified atom stereocenters. The molecule has 0 radical (unpaired) electrons. The summed E-state index contributed by atoms with van der Waals surface area (Å²) in [5, 5.41) is 3.66. The first-order valence-corrected chi connectivity index (χ1v) is 7.97. The number of aryl methyl sites for hydroxylation is 1. The van der Waals surface area contributed by atoms with Crippen molar-refractivity contribution >= 4 is 11.3 Å². The van der Waals surface area contributed by atoms with Crippen molar-refractivity contribution in [2.45, 2.75) is 66.3 Å². The average molecular weight is 268 g/mol. The number of aromatic nitrogens is 1. The van der Waals surface area contributed by atoms with Gasteiger partial charge in [0.25, 0.3) is 0 Å². The van der Waals surface area contributed by atoms with Gasteiger partial charge in [0.15, 0.2) is 0 Å². The van der Waals surface area contributed by atoms with Gasteiger partial charge in [-0.1, -0.05) is 40.0 Å². The second-order valence-electron chi connectivity index (χ2n) is 6.03. The summed E-state index contributed by atoms with van der Waals surface area (Å²) in [6, 6.07) is 0.419. The van der Waals surface area contributed by atoms with E-state index in [0.717, 1.165) is 6.54 Å². The molecular weight excluding hydrogens is 240 g/mol. The number of unbranched alkanes of at least 4 members (excludes halogenated alkanes) is 2. The predicted octanol–water partition coefficient (Wildman–Crippen LogP) is 4.71. The molecule has 0 bridgehead atoms. The Morgan fingerprint density at radius 3 is 2.67 bits per heavy atom. The molecular formula is C15H28N2S. The lowest BCUT2D eigenvalue weighted by atomic mass is 9.86. The van der Waals surface area contributed by atoms with E-state index in [4.69, 9.17) is 0 Å². The lowest BCUT2D eigenvalue weighted by molar-refractivity contribution is 0.291. The SMILES string of the molecule is CCCCCC(C)(C)CNC(C)c1scnc1C. The normalized spacial score (nSPS) is 13.8. The molecule has 0 spiro atoms. The van der Waals surface area contributed by atoms with Crippen LogP contribution in [0.15, 0.2) is 5.51 Å². The van der Waals surface area contributed by atoms with E-state index in [1.807, 2.05) is 5.51 Å². The van der Waals surface area contributed by atoms with Crippen LogP contribution >= 0.6 is 11.3 Å². The summed E-state index contributed by atoms with van der Waals surface area (Å²) in [5.74, 6) is 0. The van der Waals surface area contributed by atoms with Crippen LogP contribution in [0.25, 0.3) is 0 Å². The molecule has 0 aliphatic rings. The molecule has 1 heterocycles. The van der Waals surface area contributed by atoms with E-state index in [9.17, 15) is 0 Å². The Kier molecular flexibility index (Phi) is 6.30. The Balaban J connectivity index is 2.37. The third-order valence-corrected chi connectivity index (χ3v) is 4.63. The Hall–Kier alpha value is -0.410. The maximum Gasteiger partial charge on any atom is 0.0798 e. The number of nitrogens with zero attached hydrogens (tertiary/aromatic N) is 1. The maximum absolute atomic E-state index is 4.32. The molecule has 0 aliphatic heterocycles. The van der Waals surface area contributed by atoms with Crippen molar-refractivity contribution in [1.29, 1.82) is 0 Å². The van der Waals surface area contributed by atoms with Crippen LogP contribution in [0.3, 0.4) is 0 Å². The largest absolute Gasteiger partial charge is 0.309 e. The second kappa shape index (κ2) is 7.25. The van der Waals surface area contributed by atoms with Gasteiger partial charge in [-0.3, -0.25) is 0 Å². The molecule has 0 amide bonds. The zero-order chi connectivity index (χ0) is 13.6. The molecule has 1 rings (SSSR count). The highest BCUT2D eigenvalue weighted by molar-refractivity contribution is 7.09. The van der Waals surface area contributed by atoms with Gasteiger partial charge in [0, 0.05) is 17.5 Å². The van der Waals surface area contributed by atoms with E-state index < -0.39 is 0 Å². The Labute approximate surface area is 116 Å². The molecule has 0 aliphatic carbocycles. The van der Waals surface area contributed by atoms with Crippen molar-refractivity contribution in [3.63, 3.8) is 0 Å². The predicted molar refractivity (Wildman–Crippen MR) is 81.2 cm³/mol. The lowest BCUT2D eigenvalue weighted by Gasteiger charge is -2.27. The fraction of sp³-hybridized carbons (Fsp3) is 0.800. The molecule has 1 aromatic rings. The number of hydrogen-bond donors (Lipinski definition) is 1. The van der Waals surface area contributed by atoms with E-state index in [1.54, 1.807) is 11.3 Å². The summed E-state index contributed by atoms with van der Waals surface area (Å²) in [6.45, 7) is 12.4. The van der Waals surface area contributed by atoms with E-state index in [-0.39, 0.29) is 0 Å². The lowest BCUT2D eigenvalue weighted by Crippen LogP contribution is -2.31. The zero-order valence-corrected chi connectivity index (χ0v) is 13.4. The van der Waals surface area contributed by atoms with Crippen molar-refractivity contribution in [3.8, 4) is 0 Å². The minimum Gasteiger partial charge on any atom is -0.309 e. The molecule has 18 heavy (non-hydrogen) atoms. The van der Waals surface area contributed by atoms with Crippen molar-refractivity contribution in [1.82, 2.24) is 10.3 Å². The fourth-order valence-corrected chi connectivity index (χ4v) is 3.03. The van der Waals surface area contributed by atoms with Crippen LogP contribution in [-0.4, -0.2) is 11.5 Å². The summed E-state index contributed by atoms with van der Waals surface area (Å²) in [7, 11) is 0. The Morgan fingerprint density at radius 2 is 2.11 bits per heavy atom. The van der Waals surface area contributed by atoms with Crippen molar-refractivity contribution < 1.29 is 0 Å². The fourth-order valence-electron chi connectivity index (χ4n) is 2.19. The Morgan fingerprint density at radius 1 is 1.39 bits per heavy atom. The quantitative estimate of drug-likeness (QED) is 0.691. The average Bonchev–Trinajstić information content (AvgIpc) is 2.73. The van der Waals surface area contributed by atoms with Gasteiger partial charge in [-0.05, 0) is 25.7 Å². The van der Waals surface area contributed by atoms with Gasteiger partial charge in [-0.15, -0.1) is 11.3 Å². The third kappa shape index (κ3) is 5.07. The molecule has 1 N–H and O–H groups in total. The molecule has 0 saturated heterocycles. The van der Waals surface area contributed by atoms with Crippen molar-refractivity contribution in [2.75, 3.05) is 6.54 Å². The van der Waals surface area contributed by atoms with E-state index in [1.165, 1.54) is 36.3 Å². The van der Waals surface area contributed by atoms with E-state index >= 15 is 0 Å². The smallest absolute Gasteiger partial charge is 0.0798 e. The van der Waals surface area contributed by atoms with Gasteiger partial charge in [0.2, 0.25) is 0 Å². The standard InChI is InChI=1S/C15H28N2S/c1-6-7-8-9-15(4,5)10-16-12(2)14-13(3)17-11-18-14/h11-12,16H,6-10H2,1-5H3. The molecule has 3 heteroatoms. The van der Waals surface area contributed by atoms with Crippen LogP contribution in [-0.2, 0) is 0 Å². The minimum atomic E-state index is 0.391. The van der Waals surface area contributed by atoms with E-state index in [2.05, 4.69) is 44.9 Å². The van der Waals surface area contributed by atoms with Crippen LogP contribution < -0.4 is 5.32 Å². The summed E-state index contributed by atoms with van der Waals surface area (Å²) in [4.78, 5) is 5.70. The topological polar surface area (TPSA) is 24.9 Å². The minimum absolute atomic E-state index is 0.391. The van der Waals surface area contributed by atoms with Crippen LogP contribution in [0, 0.1) is 12.3 Å². The van der Waals surface area contributed by atoms with E-state index in [0.29, 0.717) is 11.5 Å². The molecule has 1 atom stereocenters. The highest BCUT2D eigenvalue weighted by atomic mass is 32.1. The summed E-state index contributed by atoms with van der Waals surface area (Å²) < 4.78 is 0. The number of hydrogen-bond acceptors (Lipinski definition) is 3. The monoisotopic (exact) mass is 268 g/mol. The summed E-state index contributed by atoms with van der Waals surface area (Å²) in [6.07, 6.45) is 5.31. The van der Waals surface area contributed by atoms with Gasteiger partial charge in [-0.25, -0.2) is 4.98 Å². The summed E-state index contributed by atoms with van der Waals surface area (Å²) in [5.41, 5.74) is 3.50. The highest BCUT2D eigenvalue weighted by Crippen LogP contribution is 2.26. The van der Waals surface area contributed by atoms with Gasteiger partial charge >= 0.3 is 0 Å². The van der Waals surface area contributed by atoms with Crippen LogP contribution in [0.2, 0.25) is 0 Å². The van der Waals surface area contributed by atoms with Gasteiger partial charge in [0.05, 0.1) is 11.2 Å². The first kappa shape index (κ1) is 15.6. The van der Waals surface area contributed by atoms with Crippen molar-refractivity contribution in [3.05, 3.63) is 16.1 Å². The third-order valence-electron chi connectivity index (χ3n) is 3.52. The van der Waals surface area contributed by atoms with Gasteiger partial charge in [0.1, 0.15) is 0 Å². The number of nitrogens with one attached hydrogen (secondary N) is 1. The zero-order valence-electron chi connectivity index (χ0n) is 12.5. The summed E-state index contributed by atoms with van der Waals surface area (Å²) >= 11 is 1.76. The highest BCUT2D eigenvalue weighted by Gasteiger charge is 2.19. The molecule has 2 nitrogen and oxygen atoms in total. The van der Waals surface area contributed by atoms with Crippen LogP contribution in [0.4, 0.5) is 0 Å². The van der Waals surface area contributed by atoms with Crippen LogP contribution in [0.5, 0.6) is 0 Å². The molecule has 0 saturated carbocycles. The number of rotatable bonds is 8. The number of thiazole rings is 1. The molecule has 104 valence electrons. The van der Waals surface area contributed by atoms with Gasteiger partial charge < -0.3 is 5.32 Å². The molecule has 0 fully saturated rings. The first-order valence-electron chi connectivity index (χ1n) is 7.09. The van der Waals surface area contributed by atoms with Gasteiger partial charge in [-0.2, -0.15) is 0 Å². The molecule has 0 aromatic carbocycles. The second-order valence-corrected chi connectivity index (χ2v) is 6.91. The maximum atomic E-state index is 4.32. The molecule has 1 aromatic heterocycles. The van der Waals surface area contributed by atoms with Crippen molar-refractivity contribution in [2.24, 2.45) is 5.41 Å². The van der Waals surface area contributed by atoms with Crippen LogP contribution in [0.1, 0.15) is 70.0 Å². The Bertz CT molecular complexity index is 344.